The van der Waals surface area contributed by atoms with Crippen LogP contribution in [0.1, 0.15) is 27.9 Å². The summed E-state index contributed by atoms with van der Waals surface area (Å²) in [4.78, 5) is 22.8. The summed E-state index contributed by atoms with van der Waals surface area (Å²) >= 11 is 0. The van der Waals surface area contributed by atoms with Crippen LogP contribution < -0.4 is 0 Å². The van der Waals surface area contributed by atoms with E-state index in [9.17, 15) is 9.59 Å². The molecule has 3 nitrogen and oxygen atoms in total. The molecule has 0 saturated carbocycles. The van der Waals surface area contributed by atoms with Gasteiger partial charge in [0.15, 0.2) is 0 Å². The minimum Gasteiger partial charge on any atom is -0.465 e. The van der Waals surface area contributed by atoms with Crippen molar-refractivity contribution in [1.29, 1.82) is 0 Å². The first-order valence-corrected chi connectivity index (χ1v) is 4.93. The van der Waals surface area contributed by atoms with Crippen molar-refractivity contribution in [3.63, 3.8) is 0 Å². The van der Waals surface area contributed by atoms with Gasteiger partial charge in [0.2, 0.25) is 0 Å². The van der Waals surface area contributed by atoms with E-state index >= 15 is 0 Å². The molecule has 0 amide bonds. The zero-order valence-corrected chi connectivity index (χ0v) is 8.58. The second kappa shape index (κ2) is 3.85. The van der Waals surface area contributed by atoms with Crippen molar-refractivity contribution >= 4 is 11.8 Å². The average molecular weight is 204 g/mol. The fourth-order valence-corrected chi connectivity index (χ4v) is 1.94. The van der Waals surface area contributed by atoms with Crippen LogP contribution in [0.2, 0.25) is 0 Å². The predicted octanol–water partition coefficient (Wildman–Crippen LogP) is 1.53. The van der Waals surface area contributed by atoms with Crippen LogP contribution in [0, 0.1) is 0 Å². The number of Topliss-reactive ketones (excluding diaryl/α,β-unsaturated/α-hetero) is 1. The van der Waals surface area contributed by atoms with Crippen LogP contribution in [0.25, 0.3) is 0 Å². The molecule has 2 rings (SSSR count). The van der Waals surface area contributed by atoms with E-state index in [1.54, 1.807) is 6.07 Å². The standard InChI is InChI=1S/C12H12O3/c1-15-12(14)10-4-2-3-8-5-6-9(13)7-11(8)10/h2-4H,5-7H2,1H3. The minimum atomic E-state index is -0.360. The van der Waals surface area contributed by atoms with E-state index in [4.69, 9.17) is 0 Å². The first kappa shape index (κ1) is 9.90. The molecule has 1 aliphatic rings. The lowest BCUT2D eigenvalue weighted by Crippen LogP contribution is -2.17. The van der Waals surface area contributed by atoms with Gasteiger partial charge in [-0.3, -0.25) is 4.79 Å². The van der Waals surface area contributed by atoms with Gasteiger partial charge in [-0.15, -0.1) is 0 Å². The number of ketones is 1. The summed E-state index contributed by atoms with van der Waals surface area (Å²) in [5.74, 6) is -0.166. The number of methoxy groups -OCH3 is 1. The van der Waals surface area contributed by atoms with Gasteiger partial charge in [-0.25, -0.2) is 4.79 Å². The normalized spacial score (nSPS) is 14.6. The molecule has 0 aliphatic heterocycles. The van der Waals surface area contributed by atoms with Crippen molar-refractivity contribution < 1.29 is 14.3 Å². The predicted molar refractivity (Wildman–Crippen MR) is 54.8 cm³/mol. The number of benzene rings is 1. The number of ether oxygens (including phenoxy) is 1. The highest BCUT2D eigenvalue weighted by atomic mass is 16.5. The third kappa shape index (κ3) is 1.77. The number of hydrogen-bond donors (Lipinski definition) is 0. The van der Waals surface area contributed by atoms with E-state index in [1.165, 1.54) is 7.11 Å². The summed E-state index contributed by atoms with van der Waals surface area (Å²) in [6.07, 6.45) is 1.68. The van der Waals surface area contributed by atoms with Crippen molar-refractivity contribution in [2.24, 2.45) is 0 Å². The molecular formula is C12H12O3. The summed E-state index contributed by atoms with van der Waals surface area (Å²) in [6.45, 7) is 0. The van der Waals surface area contributed by atoms with Crippen LogP contribution >= 0.6 is 0 Å². The van der Waals surface area contributed by atoms with Gasteiger partial charge in [-0.2, -0.15) is 0 Å². The Labute approximate surface area is 88.1 Å². The van der Waals surface area contributed by atoms with Crippen molar-refractivity contribution in [3.8, 4) is 0 Å². The Hall–Kier alpha value is -1.64. The molecule has 0 saturated heterocycles. The number of rotatable bonds is 1. The Morgan fingerprint density at radius 3 is 2.87 bits per heavy atom. The number of fused-ring (bicyclic) bond motifs is 1. The maximum atomic E-state index is 11.5. The van der Waals surface area contributed by atoms with Crippen molar-refractivity contribution in [2.75, 3.05) is 7.11 Å². The van der Waals surface area contributed by atoms with Crippen molar-refractivity contribution in [1.82, 2.24) is 0 Å². The molecule has 0 fully saturated rings. The highest BCUT2D eigenvalue weighted by molar-refractivity contribution is 5.94. The summed E-state index contributed by atoms with van der Waals surface area (Å²) in [5.41, 5.74) is 2.47. The molecule has 1 aromatic carbocycles. The quantitative estimate of drug-likeness (QED) is 0.651. The largest absolute Gasteiger partial charge is 0.465 e. The van der Waals surface area contributed by atoms with Crippen LogP contribution in [0.5, 0.6) is 0 Å². The van der Waals surface area contributed by atoms with Gasteiger partial charge in [-0.05, 0) is 23.6 Å². The molecular weight excluding hydrogens is 192 g/mol. The molecule has 0 unspecified atom stereocenters. The maximum absolute atomic E-state index is 11.5. The molecule has 0 bridgehead atoms. The molecule has 0 aromatic heterocycles. The van der Waals surface area contributed by atoms with E-state index in [1.807, 2.05) is 12.1 Å². The topological polar surface area (TPSA) is 43.4 Å². The van der Waals surface area contributed by atoms with Gasteiger partial charge in [0.05, 0.1) is 12.7 Å². The van der Waals surface area contributed by atoms with Gasteiger partial charge in [0.1, 0.15) is 5.78 Å². The average Bonchev–Trinajstić information content (AvgIpc) is 2.27. The van der Waals surface area contributed by atoms with E-state index < -0.39 is 0 Å². The third-order valence-electron chi connectivity index (χ3n) is 2.73. The molecule has 0 spiro atoms. The minimum absolute atomic E-state index is 0.193. The molecule has 15 heavy (non-hydrogen) atoms. The molecule has 0 N–H and O–H groups in total. The first-order valence-electron chi connectivity index (χ1n) is 4.93. The second-order valence-corrected chi connectivity index (χ2v) is 3.65. The molecule has 1 aliphatic carbocycles. The fraction of sp³-hybridized carbons (Fsp3) is 0.333. The second-order valence-electron chi connectivity index (χ2n) is 3.65. The summed E-state index contributed by atoms with van der Waals surface area (Å²) in [7, 11) is 1.35. The van der Waals surface area contributed by atoms with E-state index in [-0.39, 0.29) is 11.8 Å². The highest BCUT2D eigenvalue weighted by Crippen LogP contribution is 2.23. The van der Waals surface area contributed by atoms with Crippen LogP contribution in [0.3, 0.4) is 0 Å². The number of esters is 1. The first-order chi connectivity index (χ1) is 7.22. The zero-order valence-electron chi connectivity index (χ0n) is 8.58. The van der Waals surface area contributed by atoms with Gasteiger partial charge >= 0.3 is 5.97 Å². The lowest BCUT2D eigenvalue weighted by atomic mass is 9.87. The van der Waals surface area contributed by atoms with Crippen LogP contribution in [-0.4, -0.2) is 18.9 Å². The molecule has 0 radical (unpaired) electrons. The maximum Gasteiger partial charge on any atom is 0.338 e. The van der Waals surface area contributed by atoms with Crippen LogP contribution in [-0.2, 0) is 22.4 Å². The lowest BCUT2D eigenvalue weighted by molar-refractivity contribution is -0.118. The van der Waals surface area contributed by atoms with Crippen molar-refractivity contribution in [2.45, 2.75) is 19.3 Å². The third-order valence-corrected chi connectivity index (χ3v) is 2.73. The monoisotopic (exact) mass is 204 g/mol. The Morgan fingerprint density at radius 1 is 1.33 bits per heavy atom. The Bertz CT molecular complexity index is 421. The van der Waals surface area contributed by atoms with E-state index in [2.05, 4.69) is 4.74 Å². The summed E-state index contributed by atoms with van der Waals surface area (Å²) < 4.78 is 4.69. The number of carbonyl (C=O) groups is 2. The Kier molecular flexibility index (Phi) is 2.54. The Balaban J connectivity index is 2.48. The van der Waals surface area contributed by atoms with E-state index in [0.29, 0.717) is 18.4 Å². The summed E-state index contributed by atoms with van der Waals surface area (Å²) in [6, 6.07) is 5.51. The molecule has 0 heterocycles. The van der Waals surface area contributed by atoms with Crippen molar-refractivity contribution in [3.05, 3.63) is 34.9 Å². The van der Waals surface area contributed by atoms with Crippen LogP contribution in [0.15, 0.2) is 18.2 Å². The summed E-state index contributed by atoms with van der Waals surface area (Å²) in [5, 5.41) is 0. The number of hydrogen-bond acceptors (Lipinski definition) is 3. The fourth-order valence-electron chi connectivity index (χ4n) is 1.94. The van der Waals surface area contributed by atoms with Gasteiger partial charge in [0.25, 0.3) is 0 Å². The zero-order chi connectivity index (χ0) is 10.8. The Morgan fingerprint density at radius 2 is 2.13 bits per heavy atom. The number of aryl methyl sites for hydroxylation is 1. The molecule has 0 atom stereocenters. The van der Waals surface area contributed by atoms with Crippen LogP contribution in [0.4, 0.5) is 0 Å². The molecule has 3 heteroatoms. The number of carbonyl (C=O) groups excluding carboxylic acids is 2. The smallest absolute Gasteiger partial charge is 0.338 e. The molecule has 1 aromatic rings. The lowest BCUT2D eigenvalue weighted by Gasteiger charge is -2.17. The highest BCUT2D eigenvalue weighted by Gasteiger charge is 2.21. The van der Waals surface area contributed by atoms with E-state index in [0.717, 1.165) is 17.5 Å². The van der Waals surface area contributed by atoms with Gasteiger partial charge in [0, 0.05) is 12.8 Å². The SMILES string of the molecule is COC(=O)c1cccc2c1CC(=O)CC2. The van der Waals surface area contributed by atoms with Gasteiger partial charge in [-0.1, -0.05) is 12.1 Å². The van der Waals surface area contributed by atoms with Gasteiger partial charge < -0.3 is 4.74 Å². The molecule has 78 valence electrons.